The lowest BCUT2D eigenvalue weighted by molar-refractivity contribution is 0.122. The van der Waals surface area contributed by atoms with Crippen LogP contribution >= 0.6 is 0 Å². The highest BCUT2D eigenvalue weighted by atomic mass is 28.4. The molecule has 0 bridgehead atoms. The molecule has 0 aromatic carbocycles. The molecule has 0 aliphatic rings. The summed E-state index contributed by atoms with van der Waals surface area (Å²) >= 11 is 0. The van der Waals surface area contributed by atoms with E-state index in [4.69, 9.17) is 18.4 Å². The van der Waals surface area contributed by atoms with E-state index >= 15 is 0 Å². The number of carbonyl (C=O) groups is 1. The van der Waals surface area contributed by atoms with Gasteiger partial charge in [0.15, 0.2) is 0 Å². The van der Waals surface area contributed by atoms with Crippen LogP contribution < -0.4 is 0 Å². The molecule has 0 rings (SSSR count). The molecule has 0 saturated heterocycles. The summed E-state index contributed by atoms with van der Waals surface area (Å²) in [7, 11) is 4.00. The van der Waals surface area contributed by atoms with E-state index in [2.05, 4.69) is 0 Å². The Morgan fingerprint density at radius 3 is 2.00 bits per heavy atom. The molecule has 7 heteroatoms. The first kappa shape index (κ1) is 17.4. The summed E-state index contributed by atoms with van der Waals surface area (Å²) in [5, 5.41) is 8.67. The molecular weight excluding hydrogens is 254 g/mol. The van der Waals surface area contributed by atoms with Crippen LogP contribution in [-0.2, 0) is 13.3 Å². The molecule has 18 heavy (non-hydrogen) atoms. The predicted octanol–water partition coefficient (Wildman–Crippen LogP) is 2.03. The van der Waals surface area contributed by atoms with Crippen molar-refractivity contribution in [3.8, 4) is 0 Å². The van der Waals surface area contributed by atoms with Crippen molar-refractivity contribution in [2.75, 3.05) is 34.9 Å². The van der Waals surface area contributed by atoms with E-state index in [9.17, 15) is 4.79 Å². The van der Waals surface area contributed by atoms with Crippen molar-refractivity contribution in [1.82, 2.24) is 4.90 Å². The van der Waals surface area contributed by atoms with Crippen molar-refractivity contribution < 1.29 is 23.2 Å². The van der Waals surface area contributed by atoms with Gasteiger partial charge in [0.05, 0.1) is 0 Å². The zero-order valence-electron chi connectivity index (χ0n) is 11.8. The Kier molecular flexibility index (Phi) is 8.99. The summed E-state index contributed by atoms with van der Waals surface area (Å²) in [5.41, 5.74) is 0. The van der Waals surface area contributed by atoms with E-state index in [0.717, 1.165) is 31.7 Å². The number of carboxylic acid groups (broad SMARTS) is 1. The fourth-order valence-electron chi connectivity index (χ4n) is 1.70. The molecule has 6 nitrogen and oxygen atoms in total. The third-order valence-corrected chi connectivity index (χ3v) is 5.82. The molecule has 0 aliphatic heterocycles. The molecule has 0 aromatic heterocycles. The average Bonchev–Trinajstić information content (AvgIpc) is 2.38. The smallest absolute Gasteiger partial charge is 0.465 e. The molecule has 0 unspecified atom stereocenters. The SMILES string of the molecule is CO[Si](CCCCCCN(C)C(=O)O)(OC)OC. The molecule has 0 radical (unpaired) electrons. The summed E-state index contributed by atoms with van der Waals surface area (Å²) in [6.07, 6.45) is 3.00. The molecule has 0 fully saturated rings. The van der Waals surface area contributed by atoms with Gasteiger partial charge in [0, 0.05) is 41.0 Å². The molecule has 0 aliphatic carbocycles. The molecule has 0 aromatic rings. The van der Waals surface area contributed by atoms with Gasteiger partial charge in [-0.15, -0.1) is 0 Å². The van der Waals surface area contributed by atoms with Gasteiger partial charge in [-0.05, 0) is 12.8 Å². The standard InChI is InChI=1S/C11H25NO5Si/c1-12(11(13)14)9-7-5-6-8-10-18(15-2,16-3)17-4/h5-10H2,1-4H3,(H,13,14). The van der Waals surface area contributed by atoms with E-state index in [0.29, 0.717) is 6.54 Å². The fourth-order valence-corrected chi connectivity index (χ4v) is 3.49. The van der Waals surface area contributed by atoms with E-state index < -0.39 is 14.9 Å². The van der Waals surface area contributed by atoms with E-state index in [1.807, 2.05) is 0 Å². The Morgan fingerprint density at radius 2 is 1.56 bits per heavy atom. The summed E-state index contributed by atoms with van der Waals surface area (Å²) in [4.78, 5) is 11.9. The lowest BCUT2D eigenvalue weighted by Crippen LogP contribution is -2.42. The maximum atomic E-state index is 10.5. The van der Waals surface area contributed by atoms with Gasteiger partial charge in [-0.1, -0.05) is 12.8 Å². The second kappa shape index (κ2) is 9.32. The van der Waals surface area contributed by atoms with Gasteiger partial charge in [-0.3, -0.25) is 0 Å². The summed E-state index contributed by atoms with van der Waals surface area (Å²) in [6, 6.07) is 0.797. The van der Waals surface area contributed by atoms with Crippen LogP contribution in [-0.4, -0.2) is 59.8 Å². The zero-order valence-corrected chi connectivity index (χ0v) is 12.8. The van der Waals surface area contributed by atoms with Crippen LogP contribution in [0.5, 0.6) is 0 Å². The van der Waals surface area contributed by atoms with E-state index in [1.54, 1.807) is 28.4 Å². The van der Waals surface area contributed by atoms with E-state index in [-0.39, 0.29) is 0 Å². The number of amides is 1. The minimum Gasteiger partial charge on any atom is -0.465 e. The minimum atomic E-state index is -2.42. The minimum absolute atomic E-state index is 0.580. The average molecular weight is 279 g/mol. The third kappa shape index (κ3) is 6.34. The van der Waals surface area contributed by atoms with Crippen molar-refractivity contribution in [2.24, 2.45) is 0 Å². The monoisotopic (exact) mass is 279 g/mol. The van der Waals surface area contributed by atoms with Crippen LogP contribution in [0.25, 0.3) is 0 Å². The van der Waals surface area contributed by atoms with E-state index in [1.165, 1.54) is 4.90 Å². The van der Waals surface area contributed by atoms with Crippen LogP contribution in [0, 0.1) is 0 Å². The van der Waals surface area contributed by atoms with Gasteiger partial charge in [0.25, 0.3) is 0 Å². The first-order valence-electron chi connectivity index (χ1n) is 6.11. The number of hydrogen-bond donors (Lipinski definition) is 1. The van der Waals surface area contributed by atoms with Gasteiger partial charge in [-0.25, -0.2) is 4.79 Å². The topological polar surface area (TPSA) is 68.2 Å². The highest BCUT2D eigenvalue weighted by Gasteiger charge is 2.36. The molecule has 0 saturated carbocycles. The Balaban J connectivity index is 3.64. The molecule has 0 heterocycles. The summed E-state index contributed by atoms with van der Waals surface area (Å²) in [6.45, 7) is 0.580. The van der Waals surface area contributed by atoms with Crippen LogP contribution in [0.3, 0.4) is 0 Å². The van der Waals surface area contributed by atoms with Crippen LogP contribution in [0.2, 0.25) is 6.04 Å². The van der Waals surface area contributed by atoms with Crippen molar-refractivity contribution in [1.29, 1.82) is 0 Å². The van der Waals surface area contributed by atoms with Gasteiger partial charge in [0.1, 0.15) is 0 Å². The first-order chi connectivity index (χ1) is 8.51. The Morgan fingerprint density at radius 1 is 1.06 bits per heavy atom. The van der Waals surface area contributed by atoms with Gasteiger partial charge in [-0.2, -0.15) is 0 Å². The number of rotatable bonds is 10. The van der Waals surface area contributed by atoms with Crippen molar-refractivity contribution >= 4 is 14.9 Å². The van der Waals surface area contributed by atoms with Gasteiger partial charge >= 0.3 is 14.9 Å². The normalized spacial score (nSPS) is 11.6. The largest absolute Gasteiger partial charge is 0.500 e. The second-order valence-electron chi connectivity index (χ2n) is 4.16. The van der Waals surface area contributed by atoms with Crippen molar-refractivity contribution in [3.05, 3.63) is 0 Å². The highest BCUT2D eigenvalue weighted by molar-refractivity contribution is 6.60. The number of unbranched alkanes of at least 4 members (excludes halogenated alkanes) is 3. The second-order valence-corrected chi connectivity index (χ2v) is 7.25. The van der Waals surface area contributed by atoms with Crippen molar-refractivity contribution in [2.45, 2.75) is 31.7 Å². The lowest BCUT2D eigenvalue weighted by Gasteiger charge is -2.24. The molecule has 0 atom stereocenters. The highest BCUT2D eigenvalue weighted by Crippen LogP contribution is 2.17. The summed E-state index contributed by atoms with van der Waals surface area (Å²) < 4.78 is 16.0. The first-order valence-corrected chi connectivity index (χ1v) is 8.04. The molecule has 1 N–H and O–H groups in total. The number of nitrogens with zero attached hydrogens (tertiary/aromatic N) is 1. The Hall–Kier alpha value is -0.633. The summed E-state index contributed by atoms with van der Waals surface area (Å²) in [5.74, 6) is 0. The zero-order chi connectivity index (χ0) is 14.0. The van der Waals surface area contributed by atoms with Gasteiger partial charge < -0.3 is 23.3 Å². The number of hydrogen-bond acceptors (Lipinski definition) is 4. The van der Waals surface area contributed by atoms with Gasteiger partial charge in [0.2, 0.25) is 0 Å². The van der Waals surface area contributed by atoms with Crippen LogP contribution in [0.1, 0.15) is 25.7 Å². The molecule has 108 valence electrons. The van der Waals surface area contributed by atoms with Crippen LogP contribution in [0.4, 0.5) is 4.79 Å². The van der Waals surface area contributed by atoms with Crippen LogP contribution in [0.15, 0.2) is 0 Å². The maximum Gasteiger partial charge on any atom is 0.500 e. The third-order valence-electron chi connectivity index (χ3n) is 2.99. The predicted molar refractivity (Wildman–Crippen MR) is 70.7 cm³/mol. The molecule has 0 spiro atoms. The lowest BCUT2D eigenvalue weighted by atomic mass is 10.2. The molecular formula is C11H25NO5Si. The quantitative estimate of drug-likeness (QED) is 0.489. The Labute approximate surface area is 110 Å². The fraction of sp³-hybridized carbons (Fsp3) is 0.909. The van der Waals surface area contributed by atoms with Crippen molar-refractivity contribution in [3.63, 3.8) is 0 Å². The Bertz CT molecular complexity index is 227. The molecule has 1 amide bonds. The maximum absolute atomic E-state index is 10.5.